The van der Waals surface area contributed by atoms with Gasteiger partial charge in [0.15, 0.2) is 0 Å². The van der Waals surface area contributed by atoms with Crippen molar-refractivity contribution < 1.29 is 4.79 Å². The highest BCUT2D eigenvalue weighted by Crippen LogP contribution is 2.20. The molecule has 128 valence electrons. The van der Waals surface area contributed by atoms with Gasteiger partial charge in [0.2, 0.25) is 5.91 Å². The topological polar surface area (TPSA) is 54.3 Å². The standard InChI is InChI=1S/C17H22ClN5O/c1-12-8-16(9-13(2)20-12)21-4-6-22(7-5-21)17(24)14(3)23-11-15(18)10-19-23/h8-11,14H,4-7H2,1-3H3/t14-/m1/s1. The number of anilines is 1. The first kappa shape index (κ1) is 16.8. The van der Waals surface area contributed by atoms with E-state index in [0.29, 0.717) is 18.1 Å². The number of rotatable bonds is 3. The smallest absolute Gasteiger partial charge is 0.247 e. The van der Waals surface area contributed by atoms with Crippen LogP contribution in [0.25, 0.3) is 0 Å². The molecule has 0 aromatic carbocycles. The Morgan fingerprint density at radius 1 is 1.17 bits per heavy atom. The van der Waals surface area contributed by atoms with Gasteiger partial charge < -0.3 is 9.80 Å². The number of nitrogens with zero attached hydrogens (tertiary/aromatic N) is 5. The van der Waals surface area contributed by atoms with Crippen molar-refractivity contribution in [1.29, 1.82) is 0 Å². The molecule has 7 heteroatoms. The van der Waals surface area contributed by atoms with Crippen molar-refractivity contribution in [3.8, 4) is 0 Å². The van der Waals surface area contributed by atoms with Crippen molar-refractivity contribution in [1.82, 2.24) is 19.7 Å². The third-order valence-electron chi connectivity index (χ3n) is 4.35. The minimum atomic E-state index is -0.338. The summed E-state index contributed by atoms with van der Waals surface area (Å²) in [6, 6.07) is 3.85. The second kappa shape index (κ2) is 6.81. The summed E-state index contributed by atoms with van der Waals surface area (Å²) in [5.74, 6) is 0.0801. The highest BCUT2D eigenvalue weighted by molar-refractivity contribution is 6.30. The average Bonchev–Trinajstić information content (AvgIpc) is 2.99. The summed E-state index contributed by atoms with van der Waals surface area (Å²) in [6.07, 6.45) is 3.24. The highest BCUT2D eigenvalue weighted by Gasteiger charge is 2.26. The number of pyridine rings is 1. The quantitative estimate of drug-likeness (QED) is 0.855. The van der Waals surface area contributed by atoms with Crippen LogP contribution in [0.3, 0.4) is 0 Å². The molecule has 0 unspecified atom stereocenters. The van der Waals surface area contributed by atoms with Gasteiger partial charge in [-0.25, -0.2) is 0 Å². The van der Waals surface area contributed by atoms with Gasteiger partial charge in [0.05, 0.1) is 11.2 Å². The van der Waals surface area contributed by atoms with E-state index in [1.54, 1.807) is 17.1 Å². The Morgan fingerprint density at radius 3 is 2.33 bits per heavy atom. The van der Waals surface area contributed by atoms with Crippen LogP contribution in [0.15, 0.2) is 24.5 Å². The fourth-order valence-corrected chi connectivity index (χ4v) is 3.23. The van der Waals surface area contributed by atoms with Crippen LogP contribution in [0.4, 0.5) is 5.69 Å². The number of halogens is 1. The monoisotopic (exact) mass is 347 g/mol. The molecule has 0 radical (unpaired) electrons. The summed E-state index contributed by atoms with van der Waals surface area (Å²) in [7, 11) is 0. The third-order valence-corrected chi connectivity index (χ3v) is 4.54. The molecule has 0 saturated carbocycles. The first-order valence-corrected chi connectivity index (χ1v) is 8.50. The van der Waals surface area contributed by atoms with Crippen molar-refractivity contribution in [2.24, 2.45) is 0 Å². The molecule has 2 aromatic rings. The maximum Gasteiger partial charge on any atom is 0.247 e. The Balaban J connectivity index is 1.63. The fraction of sp³-hybridized carbons (Fsp3) is 0.471. The number of hydrogen-bond acceptors (Lipinski definition) is 4. The summed E-state index contributed by atoms with van der Waals surface area (Å²) in [6.45, 7) is 8.92. The summed E-state index contributed by atoms with van der Waals surface area (Å²) >= 11 is 5.89. The molecule has 1 saturated heterocycles. The van der Waals surface area contributed by atoms with E-state index in [2.05, 4.69) is 27.1 Å². The van der Waals surface area contributed by atoms with Crippen molar-refractivity contribution in [2.45, 2.75) is 26.8 Å². The van der Waals surface area contributed by atoms with E-state index in [1.807, 2.05) is 25.7 Å². The third kappa shape index (κ3) is 3.53. The lowest BCUT2D eigenvalue weighted by Crippen LogP contribution is -2.50. The largest absolute Gasteiger partial charge is 0.368 e. The lowest BCUT2D eigenvalue weighted by Gasteiger charge is -2.37. The summed E-state index contributed by atoms with van der Waals surface area (Å²) in [5, 5.41) is 4.68. The van der Waals surface area contributed by atoms with Gasteiger partial charge in [-0.1, -0.05) is 11.6 Å². The van der Waals surface area contributed by atoms with Crippen LogP contribution in [0.2, 0.25) is 5.02 Å². The molecule has 0 aliphatic carbocycles. The van der Waals surface area contributed by atoms with Crippen molar-refractivity contribution >= 4 is 23.2 Å². The van der Waals surface area contributed by atoms with E-state index >= 15 is 0 Å². The van der Waals surface area contributed by atoms with Gasteiger partial charge in [0.1, 0.15) is 6.04 Å². The van der Waals surface area contributed by atoms with Gasteiger partial charge in [-0.3, -0.25) is 14.5 Å². The Hall–Kier alpha value is -2.08. The zero-order valence-corrected chi connectivity index (χ0v) is 15.0. The number of piperazine rings is 1. The molecule has 1 amide bonds. The lowest BCUT2D eigenvalue weighted by molar-refractivity contribution is -0.134. The molecule has 24 heavy (non-hydrogen) atoms. The number of carbonyl (C=O) groups is 1. The van der Waals surface area contributed by atoms with Crippen LogP contribution in [0.5, 0.6) is 0 Å². The number of amides is 1. The normalized spacial score (nSPS) is 16.3. The number of hydrogen-bond donors (Lipinski definition) is 0. The Morgan fingerprint density at radius 2 is 1.79 bits per heavy atom. The molecule has 0 bridgehead atoms. The van der Waals surface area contributed by atoms with Crippen LogP contribution >= 0.6 is 11.6 Å². The SMILES string of the molecule is Cc1cc(N2CCN(C(=O)[C@@H](C)n3cc(Cl)cn3)CC2)cc(C)n1. The minimum absolute atomic E-state index is 0.0801. The fourth-order valence-electron chi connectivity index (χ4n) is 3.08. The molecule has 2 aromatic heterocycles. The van der Waals surface area contributed by atoms with Gasteiger partial charge in [-0.05, 0) is 32.9 Å². The second-order valence-corrected chi connectivity index (χ2v) is 6.67. The molecule has 3 heterocycles. The molecule has 0 N–H and O–H groups in total. The lowest BCUT2D eigenvalue weighted by atomic mass is 10.2. The Labute approximate surface area is 147 Å². The first-order valence-electron chi connectivity index (χ1n) is 8.13. The van der Waals surface area contributed by atoms with E-state index in [1.165, 1.54) is 5.69 Å². The Bertz CT molecular complexity index is 716. The molecule has 1 fully saturated rings. The molecule has 6 nitrogen and oxygen atoms in total. The van der Waals surface area contributed by atoms with E-state index < -0.39 is 0 Å². The van der Waals surface area contributed by atoms with Crippen LogP contribution in [-0.4, -0.2) is 51.8 Å². The highest BCUT2D eigenvalue weighted by atomic mass is 35.5. The van der Waals surface area contributed by atoms with Crippen molar-refractivity contribution in [2.75, 3.05) is 31.1 Å². The predicted octanol–water partition coefficient (Wildman–Crippen LogP) is 2.46. The zero-order chi connectivity index (χ0) is 17.3. The Kier molecular flexibility index (Phi) is 4.76. The first-order chi connectivity index (χ1) is 11.4. The molecular formula is C17H22ClN5O. The summed E-state index contributed by atoms with van der Waals surface area (Å²) in [5.41, 5.74) is 3.22. The van der Waals surface area contributed by atoms with Gasteiger partial charge in [-0.15, -0.1) is 0 Å². The molecule has 1 aliphatic rings. The zero-order valence-electron chi connectivity index (χ0n) is 14.2. The average molecular weight is 348 g/mol. The second-order valence-electron chi connectivity index (χ2n) is 6.23. The summed E-state index contributed by atoms with van der Waals surface area (Å²) < 4.78 is 1.62. The van der Waals surface area contributed by atoms with Crippen LogP contribution in [0.1, 0.15) is 24.4 Å². The molecular weight excluding hydrogens is 326 g/mol. The van der Waals surface area contributed by atoms with Crippen LogP contribution < -0.4 is 4.90 Å². The maximum absolute atomic E-state index is 12.7. The van der Waals surface area contributed by atoms with Gasteiger partial charge in [0.25, 0.3) is 0 Å². The van der Waals surface area contributed by atoms with Crippen LogP contribution in [0, 0.1) is 13.8 Å². The van der Waals surface area contributed by atoms with E-state index in [4.69, 9.17) is 11.6 Å². The molecule has 0 spiro atoms. The minimum Gasteiger partial charge on any atom is -0.368 e. The van der Waals surface area contributed by atoms with Crippen LogP contribution in [-0.2, 0) is 4.79 Å². The van der Waals surface area contributed by atoms with E-state index in [-0.39, 0.29) is 11.9 Å². The van der Waals surface area contributed by atoms with Crippen molar-refractivity contribution in [3.63, 3.8) is 0 Å². The van der Waals surface area contributed by atoms with Gasteiger partial charge in [-0.2, -0.15) is 5.10 Å². The molecule has 3 rings (SSSR count). The van der Waals surface area contributed by atoms with Gasteiger partial charge in [0, 0.05) is 49.5 Å². The van der Waals surface area contributed by atoms with Crippen molar-refractivity contribution in [3.05, 3.63) is 40.9 Å². The van der Waals surface area contributed by atoms with Gasteiger partial charge >= 0.3 is 0 Å². The number of carbonyl (C=O) groups excluding carboxylic acids is 1. The maximum atomic E-state index is 12.7. The summed E-state index contributed by atoms with van der Waals surface area (Å²) in [4.78, 5) is 21.3. The predicted molar refractivity (Wildman–Crippen MR) is 94.5 cm³/mol. The molecule has 1 atom stereocenters. The number of aryl methyl sites for hydroxylation is 2. The van der Waals surface area contributed by atoms with E-state index in [9.17, 15) is 4.79 Å². The van der Waals surface area contributed by atoms with E-state index in [0.717, 1.165) is 24.5 Å². The number of aromatic nitrogens is 3. The molecule has 1 aliphatic heterocycles.